The third kappa shape index (κ3) is 1.56. The van der Waals surface area contributed by atoms with Crippen LogP contribution in [-0.4, -0.2) is 15.6 Å². The van der Waals surface area contributed by atoms with Crippen molar-refractivity contribution in [1.29, 1.82) is 0 Å². The van der Waals surface area contributed by atoms with Crippen LogP contribution in [0.2, 0.25) is 0 Å². The molecule has 1 saturated carbocycles. The van der Waals surface area contributed by atoms with Crippen molar-refractivity contribution in [3.8, 4) is 0 Å². The molecule has 0 aliphatic heterocycles. The zero-order valence-corrected chi connectivity index (χ0v) is 9.61. The Morgan fingerprint density at radius 2 is 2.00 bits per heavy atom. The van der Waals surface area contributed by atoms with Gasteiger partial charge in [0.2, 0.25) is 5.95 Å². The fourth-order valence-electron chi connectivity index (χ4n) is 2.53. The zero-order valence-electron chi connectivity index (χ0n) is 9.61. The lowest BCUT2D eigenvalue weighted by Crippen LogP contribution is -2.17. The number of para-hydroxylation sites is 2. The molecular formula is C13H17N3. The number of nitrogens with one attached hydrogen (secondary N) is 1. The summed E-state index contributed by atoms with van der Waals surface area (Å²) in [5, 5.41) is 3.55. The number of fused-ring (bicyclic) bond motifs is 1. The summed E-state index contributed by atoms with van der Waals surface area (Å²) in [6, 6.07) is 8.89. The predicted octanol–water partition coefficient (Wildman–Crippen LogP) is 2.93. The molecule has 0 unspecified atom stereocenters. The maximum atomic E-state index is 4.63. The van der Waals surface area contributed by atoms with Gasteiger partial charge < -0.3 is 9.88 Å². The lowest BCUT2D eigenvalue weighted by molar-refractivity contribution is 0.735. The topological polar surface area (TPSA) is 29.9 Å². The van der Waals surface area contributed by atoms with E-state index in [-0.39, 0.29) is 0 Å². The van der Waals surface area contributed by atoms with E-state index >= 15 is 0 Å². The molecule has 1 heterocycles. The second-order valence-corrected chi connectivity index (χ2v) is 4.61. The summed E-state index contributed by atoms with van der Waals surface area (Å²) >= 11 is 0. The molecule has 3 heteroatoms. The summed E-state index contributed by atoms with van der Waals surface area (Å²) in [5.74, 6) is 1.01. The van der Waals surface area contributed by atoms with Crippen molar-refractivity contribution in [1.82, 2.24) is 9.55 Å². The van der Waals surface area contributed by atoms with E-state index in [9.17, 15) is 0 Å². The summed E-state index contributed by atoms with van der Waals surface area (Å²) in [6.45, 7) is 0. The number of anilines is 1. The fourth-order valence-corrected chi connectivity index (χ4v) is 2.53. The second kappa shape index (κ2) is 3.81. The molecule has 84 valence electrons. The lowest BCUT2D eigenvalue weighted by Gasteiger charge is -2.12. The maximum Gasteiger partial charge on any atom is 0.203 e. The number of benzene rings is 1. The first kappa shape index (κ1) is 9.70. The van der Waals surface area contributed by atoms with Crippen LogP contribution in [0.15, 0.2) is 24.3 Å². The Hall–Kier alpha value is -1.51. The lowest BCUT2D eigenvalue weighted by atomic mass is 10.3. The van der Waals surface area contributed by atoms with Crippen LogP contribution in [0, 0.1) is 0 Å². The third-order valence-electron chi connectivity index (χ3n) is 3.48. The summed E-state index contributed by atoms with van der Waals surface area (Å²) in [7, 11) is 2.08. The van der Waals surface area contributed by atoms with Crippen LogP contribution in [-0.2, 0) is 7.05 Å². The summed E-state index contributed by atoms with van der Waals surface area (Å²) in [5.41, 5.74) is 2.27. The molecule has 1 aliphatic carbocycles. The van der Waals surface area contributed by atoms with E-state index in [1.54, 1.807) is 0 Å². The van der Waals surface area contributed by atoms with Gasteiger partial charge in [-0.3, -0.25) is 0 Å². The monoisotopic (exact) mass is 215 g/mol. The van der Waals surface area contributed by atoms with Gasteiger partial charge in [-0.2, -0.15) is 0 Å². The number of hydrogen-bond acceptors (Lipinski definition) is 2. The van der Waals surface area contributed by atoms with Crippen LogP contribution in [0.1, 0.15) is 25.7 Å². The average molecular weight is 215 g/mol. The number of aryl methyl sites for hydroxylation is 1. The van der Waals surface area contributed by atoms with Gasteiger partial charge in [0.15, 0.2) is 0 Å². The second-order valence-electron chi connectivity index (χ2n) is 4.61. The molecule has 0 amide bonds. The van der Waals surface area contributed by atoms with E-state index in [4.69, 9.17) is 0 Å². The molecule has 0 radical (unpaired) electrons. The van der Waals surface area contributed by atoms with E-state index in [2.05, 4.69) is 40.1 Å². The first-order valence-corrected chi connectivity index (χ1v) is 6.02. The Balaban J connectivity index is 1.94. The molecule has 1 aliphatic rings. The van der Waals surface area contributed by atoms with Crippen LogP contribution in [0.25, 0.3) is 11.0 Å². The molecule has 1 N–H and O–H groups in total. The quantitative estimate of drug-likeness (QED) is 0.834. The molecular weight excluding hydrogens is 198 g/mol. The van der Waals surface area contributed by atoms with Gasteiger partial charge >= 0.3 is 0 Å². The number of hydrogen-bond donors (Lipinski definition) is 1. The molecule has 0 bridgehead atoms. The van der Waals surface area contributed by atoms with Crippen molar-refractivity contribution >= 4 is 17.0 Å². The Labute approximate surface area is 95.5 Å². The average Bonchev–Trinajstić information content (AvgIpc) is 2.90. The van der Waals surface area contributed by atoms with Crippen molar-refractivity contribution < 1.29 is 0 Å². The number of nitrogens with zero attached hydrogens (tertiary/aromatic N) is 2. The molecule has 1 fully saturated rings. The van der Waals surface area contributed by atoms with Crippen molar-refractivity contribution in [3.63, 3.8) is 0 Å². The molecule has 3 rings (SSSR count). The highest BCUT2D eigenvalue weighted by Crippen LogP contribution is 2.24. The molecule has 2 aromatic rings. The molecule has 1 aromatic carbocycles. The first-order chi connectivity index (χ1) is 7.84. The highest BCUT2D eigenvalue weighted by Gasteiger charge is 2.17. The zero-order chi connectivity index (χ0) is 11.0. The minimum absolute atomic E-state index is 0.621. The highest BCUT2D eigenvalue weighted by atomic mass is 15.2. The van der Waals surface area contributed by atoms with Gasteiger partial charge in [-0.05, 0) is 25.0 Å². The van der Waals surface area contributed by atoms with Crippen molar-refractivity contribution in [2.24, 2.45) is 7.05 Å². The van der Waals surface area contributed by atoms with Crippen molar-refractivity contribution in [3.05, 3.63) is 24.3 Å². The molecule has 16 heavy (non-hydrogen) atoms. The number of aromatic nitrogens is 2. The van der Waals surface area contributed by atoms with Gasteiger partial charge in [0.25, 0.3) is 0 Å². The van der Waals surface area contributed by atoms with E-state index < -0.39 is 0 Å². The van der Waals surface area contributed by atoms with Crippen molar-refractivity contribution in [2.75, 3.05) is 5.32 Å². The van der Waals surface area contributed by atoms with E-state index in [0.29, 0.717) is 6.04 Å². The van der Waals surface area contributed by atoms with Crippen LogP contribution in [0.4, 0.5) is 5.95 Å². The Bertz CT molecular complexity index is 495. The summed E-state index contributed by atoms with van der Waals surface area (Å²) < 4.78 is 2.15. The largest absolute Gasteiger partial charge is 0.353 e. The molecule has 0 atom stereocenters. The molecule has 0 spiro atoms. The van der Waals surface area contributed by atoms with Gasteiger partial charge in [0.1, 0.15) is 0 Å². The number of imidazole rings is 1. The van der Waals surface area contributed by atoms with Crippen LogP contribution < -0.4 is 5.32 Å². The van der Waals surface area contributed by atoms with Crippen LogP contribution in [0.5, 0.6) is 0 Å². The smallest absolute Gasteiger partial charge is 0.203 e. The van der Waals surface area contributed by atoms with E-state index in [1.807, 2.05) is 6.07 Å². The minimum Gasteiger partial charge on any atom is -0.353 e. The highest BCUT2D eigenvalue weighted by molar-refractivity contribution is 5.78. The normalized spacial score (nSPS) is 17.1. The summed E-state index contributed by atoms with van der Waals surface area (Å²) in [4.78, 5) is 4.63. The Morgan fingerprint density at radius 1 is 1.25 bits per heavy atom. The summed E-state index contributed by atoms with van der Waals surface area (Å²) in [6.07, 6.45) is 5.26. The predicted molar refractivity (Wildman–Crippen MR) is 66.6 cm³/mol. The van der Waals surface area contributed by atoms with Crippen LogP contribution >= 0.6 is 0 Å². The molecule has 0 saturated heterocycles. The molecule has 3 nitrogen and oxygen atoms in total. The Morgan fingerprint density at radius 3 is 2.75 bits per heavy atom. The fraction of sp³-hybridized carbons (Fsp3) is 0.462. The van der Waals surface area contributed by atoms with Gasteiger partial charge in [0, 0.05) is 13.1 Å². The SMILES string of the molecule is Cn1c(NC2CCCC2)nc2ccccc21. The van der Waals surface area contributed by atoms with Crippen LogP contribution in [0.3, 0.4) is 0 Å². The first-order valence-electron chi connectivity index (χ1n) is 6.02. The van der Waals surface area contributed by atoms with Gasteiger partial charge in [0.05, 0.1) is 11.0 Å². The van der Waals surface area contributed by atoms with Gasteiger partial charge in [-0.1, -0.05) is 25.0 Å². The van der Waals surface area contributed by atoms with Gasteiger partial charge in [-0.15, -0.1) is 0 Å². The van der Waals surface area contributed by atoms with Gasteiger partial charge in [-0.25, -0.2) is 4.98 Å². The van der Waals surface area contributed by atoms with Crippen molar-refractivity contribution in [2.45, 2.75) is 31.7 Å². The Kier molecular flexibility index (Phi) is 2.31. The molecule has 1 aromatic heterocycles. The third-order valence-corrected chi connectivity index (χ3v) is 3.48. The van der Waals surface area contributed by atoms with E-state index in [0.717, 1.165) is 11.5 Å². The minimum atomic E-state index is 0.621. The number of rotatable bonds is 2. The maximum absolute atomic E-state index is 4.63. The standard InChI is InChI=1S/C13H17N3/c1-16-12-9-5-4-8-11(12)15-13(16)14-10-6-2-3-7-10/h4-5,8-10H,2-3,6-7H2,1H3,(H,14,15). The van der Waals surface area contributed by atoms with E-state index in [1.165, 1.54) is 31.2 Å².